The molecule has 0 fully saturated rings. The highest BCUT2D eigenvalue weighted by Gasteiger charge is 2.09. The lowest BCUT2D eigenvalue weighted by Gasteiger charge is -1.84. The maximum absolute atomic E-state index is 10.6. The molecule has 0 atom stereocenters. The van der Waals surface area contributed by atoms with Crippen LogP contribution in [0.1, 0.15) is 0 Å². The van der Waals surface area contributed by atoms with Gasteiger partial charge in [-0.25, -0.2) is 18.3 Å². The van der Waals surface area contributed by atoms with Crippen LogP contribution in [-0.4, -0.2) is 29.9 Å². The summed E-state index contributed by atoms with van der Waals surface area (Å²) in [5.41, 5.74) is -0.625. The molecule has 0 aliphatic heterocycles. The van der Waals surface area contributed by atoms with Crippen LogP contribution < -0.4 is 5.69 Å². The predicted octanol–water partition coefficient (Wildman–Crippen LogP) is -1.50. The highest BCUT2D eigenvalue weighted by atomic mass is 32.2. The number of hydrogen-bond acceptors (Lipinski definition) is 4. The summed E-state index contributed by atoms with van der Waals surface area (Å²) in [4.78, 5) is 12.3. The number of H-pyrrole nitrogens is 2. The Labute approximate surface area is 56.2 Å². The minimum absolute atomic E-state index is 0.336. The summed E-state index contributed by atoms with van der Waals surface area (Å²) in [6.07, 6.45) is 0.957. The molecular formula is C3H5N3O3S. The van der Waals surface area contributed by atoms with E-state index in [1.165, 1.54) is 0 Å². The Morgan fingerprint density at radius 3 is 2.30 bits per heavy atom. The Balaban J connectivity index is 3.34. The van der Waals surface area contributed by atoms with Gasteiger partial charge in [0.15, 0.2) is 0 Å². The van der Waals surface area contributed by atoms with E-state index in [1.54, 1.807) is 0 Å². The summed E-state index contributed by atoms with van der Waals surface area (Å²) in [6, 6.07) is 0. The molecule has 1 rings (SSSR count). The molecular weight excluding hydrogens is 158 g/mol. The first-order chi connectivity index (χ1) is 4.50. The highest BCUT2D eigenvalue weighted by Crippen LogP contribution is 1.92. The number of nitrogens with one attached hydrogen (secondary N) is 2. The molecule has 7 heteroatoms. The maximum Gasteiger partial charge on any atom is 0.341 e. The van der Waals surface area contributed by atoms with Gasteiger partial charge in [-0.1, -0.05) is 0 Å². The second-order valence-electron chi connectivity index (χ2n) is 1.76. The molecule has 0 aliphatic rings. The zero-order valence-electron chi connectivity index (χ0n) is 5.08. The smallest absolute Gasteiger partial charge is 0.280 e. The molecule has 0 aliphatic carbocycles. The summed E-state index contributed by atoms with van der Waals surface area (Å²) in [5.74, 6) is 0. The molecule has 0 radical (unpaired) electrons. The standard InChI is InChI=1S/C3H5N3O3S/c1-10(8,9)3-4-2(7)5-6-3/h1H3,(H2,4,5,6,7). The maximum atomic E-state index is 10.6. The number of aromatic amines is 2. The number of rotatable bonds is 1. The monoisotopic (exact) mass is 163 g/mol. The zero-order valence-corrected chi connectivity index (χ0v) is 5.90. The molecule has 1 aromatic rings. The molecule has 10 heavy (non-hydrogen) atoms. The topological polar surface area (TPSA) is 95.7 Å². The van der Waals surface area contributed by atoms with Crippen molar-refractivity contribution in [3.63, 3.8) is 0 Å². The van der Waals surface area contributed by atoms with E-state index >= 15 is 0 Å². The van der Waals surface area contributed by atoms with Gasteiger partial charge in [0.1, 0.15) is 0 Å². The molecule has 0 spiro atoms. The lowest BCUT2D eigenvalue weighted by molar-refractivity contribution is 0.593. The average molecular weight is 163 g/mol. The van der Waals surface area contributed by atoms with Crippen molar-refractivity contribution < 1.29 is 8.42 Å². The van der Waals surface area contributed by atoms with Crippen LogP contribution in [0.3, 0.4) is 0 Å². The van der Waals surface area contributed by atoms with E-state index < -0.39 is 15.5 Å². The van der Waals surface area contributed by atoms with Crippen LogP contribution in [0, 0.1) is 0 Å². The van der Waals surface area contributed by atoms with Crippen LogP contribution in [0.15, 0.2) is 9.95 Å². The zero-order chi connectivity index (χ0) is 7.78. The molecule has 0 amide bonds. The van der Waals surface area contributed by atoms with Crippen molar-refractivity contribution in [2.24, 2.45) is 0 Å². The number of sulfone groups is 1. The van der Waals surface area contributed by atoms with Gasteiger partial charge in [-0.3, -0.25) is 4.98 Å². The molecule has 2 N–H and O–H groups in total. The van der Waals surface area contributed by atoms with Crippen molar-refractivity contribution in [1.29, 1.82) is 0 Å². The Morgan fingerprint density at radius 1 is 1.50 bits per heavy atom. The van der Waals surface area contributed by atoms with Gasteiger partial charge < -0.3 is 0 Å². The fourth-order valence-corrected chi connectivity index (χ4v) is 0.920. The quantitative estimate of drug-likeness (QED) is 0.526. The van der Waals surface area contributed by atoms with E-state index in [4.69, 9.17) is 0 Å². The molecule has 0 aromatic carbocycles. The van der Waals surface area contributed by atoms with E-state index in [9.17, 15) is 13.2 Å². The Kier molecular flexibility index (Phi) is 1.36. The minimum atomic E-state index is -3.38. The van der Waals surface area contributed by atoms with Crippen LogP contribution in [-0.2, 0) is 9.84 Å². The van der Waals surface area contributed by atoms with Crippen LogP contribution in [0.2, 0.25) is 0 Å². The van der Waals surface area contributed by atoms with Crippen molar-refractivity contribution in [3.05, 3.63) is 10.5 Å². The van der Waals surface area contributed by atoms with Gasteiger partial charge in [0.2, 0.25) is 15.0 Å². The largest absolute Gasteiger partial charge is 0.341 e. The van der Waals surface area contributed by atoms with Crippen molar-refractivity contribution in [1.82, 2.24) is 15.2 Å². The third kappa shape index (κ3) is 1.24. The minimum Gasteiger partial charge on any atom is -0.280 e. The average Bonchev–Trinajstić information content (AvgIpc) is 2.11. The van der Waals surface area contributed by atoms with E-state index in [-0.39, 0.29) is 5.16 Å². The van der Waals surface area contributed by atoms with Crippen molar-refractivity contribution in [3.8, 4) is 0 Å². The second-order valence-corrected chi connectivity index (χ2v) is 3.69. The molecule has 0 bridgehead atoms. The Morgan fingerprint density at radius 2 is 2.10 bits per heavy atom. The SMILES string of the molecule is CS(=O)(=O)c1n[nH]c(=O)[nH]1. The van der Waals surface area contributed by atoms with Gasteiger partial charge in [-0.2, -0.15) is 0 Å². The van der Waals surface area contributed by atoms with E-state index in [2.05, 4.69) is 5.10 Å². The summed E-state index contributed by atoms with van der Waals surface area (Å²) in [7, 11) is -3.38. The molecule has 6 nitrogen and oxygen atoms in total. The van der Waals surface area contributed by atoms with Gasteiger partial charge in [-0.15, -0.1) is 5.10 Å². The lowest BCUT2D eigenvalue weighted by Crippen LogP contribution is -2.04. The third-order valence-electron chi connectivity index (χ3n) is 0.831. The van der Waals surface area contributed by atoms with Gasteiger partial charge in [0.25, 0.3) is 0 Å². The van der Waals surface area contributed by atoms with Gasteiger partial charge in [0, 0.05) is 6.26 Å². The molecule has 56 valence electrons. The lowest BCUT2D eigenvalue weighted by atomic mass is 11.3. The van der Waals surface area contributed by atoms with Gasteiger partial charge in [-0.05, 0) is 0 Å². The predicted molar refractivity (Wildman–Crippen MR) is 32.3 cm³/mol. The molecule has 0 saturated heterocycles. The van der Waals surface area contributed by atoms with E-state index in [0.29, 0.717) is 0 Å². The second kappa shape index (κ2) is 1.94. The molecule has 1 aromatic heterocycles. The fraction of sp³-hybridized carbons (Fsp3) is 0.333. The first-order valence-corrected chi connectivity index (χ1v) is 4.24. The summed E-state index contributed by atoms with van der Waals surface area (Å²) in [5, 5.41) is 4.81. The van der Waals surface area contributed by atoms with Crippen LogP contribution in [0.25, 0.3) is 0 Å². The van der Waals surface area contributed by atoms with Crippen LogP contribution in [0.5, 0.6) is 0 Å². The molecule has 1 heterocycles. The van der Waals surface area contributed by atoms with Gasteiger partial charge in [0.05, 0.1) is 0 Å². The fourth-order valence-electron chi connectivity index (χ4n) is 0.430. The third-order valence-corrected chi connectivity index (χ3v) is 1.73. The number of nitrogens with zero attached hydrogens (tertiary/aromatic N) is 1. The normalized spacial score (nSPS) is 11.7. The first-order valence-electron chi connectivity index (χ1n) is 2.35. The summed E-state index contributed by atoms with van der Waals surface area (Å²) < 4.78 is 21.2. The molecule has 0 saturated carbocycles. The number of hydrogen-bond donors (Lipinski definition) is 2. The number of aromatic nitrogens is 3. The van der Waals surface area contributed by atoms with Gasteiger partial charge >= 0.3 is 5.69 Å². The van der Waals surface area contributed by atoms with E-state index in [1.807, 2.05) is 10.1 Å². The highest BCUT2D eigenvalue weighted by molar-refractivity contribution is 7.90. The Bertz CT molecular complexity index is 372. The van der Waals surface area contributed by atoms with Crippen molar-refractivity contribution in [2.75, 3.05) is 6.26 Å². The summed E-state index contributed by atoms with van der Waals surface area (Å²) >= 11 is 0. The van der Waals surface area contributed by atoms with Crippen molar-refractivity contribution in [2.45, 2.75) is 5.16 Å². The van der Waals surface area contributed by atoms with Crippen LogP contribution >= 0.6 is 0 Å². The molecule has 0 unspecified atom stereocenters. The summed E-state index contributed by atoms with van der Waals surface area (Å²) in [6.45, 7) is 0. The van der Waals surface area contributed by atoms with E-state index in [0.717, 1.165) is 6.26 Å². The van der Waals surface area contributed by atoms with Crippen LogP contribution in [0.4, 0.5) is 0 Å². The first kappa shape index (κ1) is 7.00. The Hall–Kier alpha value is -1.11. The van der Waals surface area contributed by atoms with Crippen molar-refractivity contribution >= 4 is 9.84 Å².